The minimum absolute atomic E-state index is 0.268. The normalized spacial score (nSPS) is 21.5. The van der Waals surface area contributed by atoms with Crippen LogP contribution < -0.4 is 4.74 Å². The van der Waals surface area contributed by atoms with Gasteiger partial charge in [0.2, 0.25) is 0 Å². The van der Waals surface area contributed by atoms with Crippen molar-refractivity contribution >= 4 is 17.7 Å². The van der Waals surface area contributed by atoms with Gasteiger partial charge in [-0.05, 0) is 57.2 Å². The van der Waals surface area contributed by atoms with Crippen LogP contribution in [0.15, 0.2) is 18.2 Å². The second kappa shape index (κ2) is 7.60. The van der Waals surface area contributed by atoms with Gasteiger partial charge in [0.15, 0.2) is 0 Å². The third-order valence-electron chi connectivity index (χ3n) is 4.08. The van der Waals surface area contributed by atoms with Gasteiger partial charge in [-0.1, -0.05) is 18.5 Å². The number of piperidine rings is 1. The van der Waals surface area contributed by atoms with Gasteiger partial charge in [0.1, 0.15) is 17.2 Å². The molecule has 0 aliphatic carbocycles. The molecule has 0 spiro atoms. The molecule has 1 aliphatic rings. The van der Waals surface area contributed by atoms with Crippen molar-refractivity contribution < 1.29 is 18.7 Å². The summed E-state index contributed by atoms with van der Waals surface area (Å²) in [4.78, 5) is 13.9. The molecule has 0 N–H and O–H groups in total. The first kappa shape index (κ1) is 18.8. The lowest BCUT2D eigenvalue weighted by Crippen LogP contribution is -2.46. The topological polar surface area (TPSA) is 38.8 Å². The molecular weight excluding hydrogens is 333 g/mol. The quantitative estimate of drug-likeness (QED) is 0.783. The molecule has 4 nitrogen and oxygen atoms in total. The van der Waals surface area contributed by atoms with Crippen molar-refractivity contribution in [1.29, 1.82) is 0 Å². The zero-order valence-corrected chi connectivity index (χ0v) is 15.4. The second-order valence-corrected chi connectivity index (χ2v) is 7.75. The van der Waals surface area contributed by atoms with Crippen molar-refractivity contribution in [2.75, 3.05) is 19.7 Å². The van der Waals surface area contributed by atoms with Gasteiger partial charge in [-0.2, -0.15) is 0 Å². The predicted molar refractivity (Wildman–Crippen MR) is 92.0 cm³/mol. The largest absolute Gasteiger partial charge is 0.492 e. The number of likely N-dealkylation sites (tertiary alicyclic amines) is 1. The predicted octanol–water partition coefficient (Wildman–Crippen LogP) is 4.75. The molecule has 1 aliphatic heterocycles. The number of hydrogen-bond acceptors (Lipinski definition) is 3. The number of hydrogen-bond donors (Lipinski definition) is 0. The van der Waals surface area contributed by atoms with Crippen LogP contribution in [-0.2, 0) is 4.74 Å². The number of halogens is 2. The summed E-state index contributed by atoms with van der Waals surface area (Å²) in [7, 11) is 0. The molecule has 2 rings (SSSR count). The van der Waals surface area contributed by atoms with Crippen LogP contribution in [0.4, 0.5) is 9.18 Å². The van der Waals surface area contributed by atoms with Crippen LogP contribution in [0, 0.1) is 17.7 Å². The van der Waals surface area contributed by atoms with E-state index in [1.54, 1.807) is 4.90 Å². The van der Waals surface area contributed by atoms with E-state index in [1.807, 2.05) is 20.8 Å². The number of nitrogens with zero attached hydrogens (tertiary/aromatic N) is 1. The first-order valence-corrected chi connectivity index (χ1v) is 8.59. The van der Waals surface area contributed by atoms with Crippen molar-refractivity contribution in [2.24, 2.45) is 11.8 Å². The van der Waals surface area contributed by atoms with Crippen LogP contribution in [0.25, 0.3) is 0 Å². The SMILES string of the molecule is C[C@@H]1CN(C(=O)OC(C)(C)C)CC[C@@H]1COc1ccc(F)cc1Cl. The Morgan fingerprint density at radius 1 is 1.42 bits per heavy atom. The van der Waals surface area contributed by atoms with Crippen molar-refractivity contribution in [1.82, 2.24) is 4.90 Å². The fourth-order valence-electron chi connectivity index (χ4n) is 2.72. The lowest BCUT2D eigenvalue weighted by atomic mass is 9.88. The Labute approximate surface area is 147 Å². The van der Waals surface area contributed by atoms with Crippen LogP contribution in [0.5, 0.6) is 5.75 Å². The van der Waals surface area contributed by atoms with E-state index in [1.165, 1.54) is 18.2 Å². The van der Waals surface area contributed by atoms with E-state index in [2.05, 4.69) is 6.92 Å². The van der Waals surface area contributed by atoms with Gasteiger partial charge in [0, 0.05) is 13.1 Å². The number of benzene rings is 1. The lowest BCUT2D eigenvalue weighted by molar-refractivity contribution is 0.00808. The van der Waals surface area contributed by atoms with Gasteiger partial charge in [0.25, 0.3) is 0 Å². The fraction of sp³-hybridized carbons (Fsp3) is 0.611. The molecule has 6 heteroatoms. The molecule has 24 heavy (non-hydrogen) atoms. The molecule has 0 unspecified atom stereocenters. The average Bonchev–Trinajstić information content (AvgIpc) is 2.45. The van der Waals surface area contributed by atoms with Gasteiger partial charge in [-0.15, -0.1) is 0 Å². The zero-order valence-electron chi connectivity index (χ0n) is 14.6. The lowest BCUT2D eigenvalue weighted by Gasteiger charge is -2.37. The number of ether oxygens (including phenoxy) is 2. The van der Waals surface area contributed by atoms with E-state index in [0.717, 1.165) is 6.42 Å². The molecule has 1 aromatic rings. The van der Waals surface area contributed by atoms with Crippen molar-refractivity contribution in [2.45, 2.75) is 39.7 Å². The first-order valence-electron chi connectivity index (χ1n) is 8.21. The molecule has 1 heterocycles. The van der Waals surface area contributed by atoms with Gasteiger partial charge in [-0.3, -0.25) is 0 Å². The van der Waals surface area contributed by atoms with Gasteiger partial charge in [0.05, 0.1) is 11.6 Å². The second-order valence-electron chi connectivity index (χ2n) is 7.34. The summed E-state index contributed by atoms with van der Waals surface area (Å²) in [6.45, 7) is 9.46. The van der Waals surface area contributed by atoms with E-state index in [4.69, 9.17) is 21.1 Å². The Hall–Kier alpha value is -1.49. The highest BCUT2D eigenvalue weighted by Crippen LogP contribution is 2.29. The number of carbonyl (C=O) groups excluding carboxylic acids is 1. The molecule has 2 atom stereocenters. The van der Waals surface area contributed by atoms with E-state index in [9.17, 15) is 9.18 Å². The van der Waals surface area contributed by atoms with E-state index < -0.39 is 5.60 Å². The monoisotopic (exact) mass is 357 g/mol. The molecule has 0 aromatic heterocycles. The maximum absolute atomic E-state index is 13.1. The minimum Gasteiger partial charge on any atom is -0.492 e. The third-order valence-corrected chi connectivity index (χ3v) is 4.38. The highest BCUT2D eigenvalue weighted by molar-refractivity contribution is 6.32. The average molecular weight is 358 g/mol. The molecule has 1 aromatic carbocycles. The molecule has 1 saturated heterocycles. The molecular formula is C18H25ClFNO3. The summed E-state index contributed by atoms with van der Waals surface area (Å²) in [5, 5.41) is 0.272. The summed E-state index contributed by atoms with van der Waals surface area (Å²) >= 11 is 5.98. The molecule has 1 fully saturated rings. The number of amides is 1. The van der Waals surface area contributed by atoms with Crippen LogP contribution in [0.2, 0.25) is 5.02 Å². The van der Waals surface area contributed by atoms with Crippen LogP contribution in [0.1, 0.15) is 34.1 Å². The van der Waals surface area contributed by atoms with Gasteiger partial charge < -0.3 is 14.4 Å². The summed E-state index contributed by atoms with van der Waals surface area (Å²) in [6.07, 6.45) is 0.564. The third kappa shape index (κ3) is 5.26. The van der Waals surface area contributed by atoms with Crippen molar-refractivity contribution in [3.05, 3.63) is 29.0 Å². The van der Waals surface area contributed by atoms with E-state index in [0.29, 0.717) is 31.4 Å². The van der Waals surface area contributed by atoms with Crippen LogP contribution in [0.3, 0.4) is 0 Å². The number of rotatable bonds is 3. The van der Waals surface area contributed by atoms with Crippen molar-refractivity contribution in [3.8, 4) is 5.75 Å². The maximum atomic E-state index is 13.1. The molecule has 1 amide bonds. The van der Waals surface area contributed by atoms with E-state index >= 15 is 0 Å². The first-order chi connectivity index (χ1) is 11.2. The minimum atomic E-state index is -0.486. The van der Waals surface area contributed by atoms with E-state index in [-0.39, 0.29) is 22.9 Å². The summed E-state index contributed by atoms with van der Waals surface area (Å²) < 4.78 is 24.2. The Bertz CT molecular complexity index is 588. The standard InChI is InChI=1S/C18H25ClFNO3/c1-12-10-21(17(22)24-18(2,3)4)8-7-13(12)11-23-16-6-5-14(20)9-15(16)19/h5-6,9,12-13H,7-8,10-11H2,1-4H3/t12-,13-/m1/s1. The zero-order chi connectivity index (χ0) is 17.9. The van der Waals surface area contributed by atoms with Crippen molar-refractivity contribution in [3.63, 3.8) is 0 Å². The maximum Gasteiger partial charge on any atom is 0.410 e. The summed E-state index contributed by atoms with van der Waals surface area (Å²) in [5.74, 6) is 0.696. The molecule has 134 valence electrons. The Morgan fingerprint density at radius 2 is 2.12 bits per heavy atom. The Balaban J connectivity index is 1.86. The number of carbonyl (C=O) groups is 1. The highest BCUT2D eigenvalue weighted by Gasteiger charge is 2.31. The molecule has 0 radical (unpaired) electrons. The Morgan fingerprint density at radius 3 is 2.71 bits per heavy atom. The fourth-order valence-corrected chi connectivity index (χ4v) is 2.94. The van der Waals surface area contributed by atoms with Gasteiger partial charge in [-0.25, -0.2) is 9.18 Å². The highest BCUT2D eigenvalue weighted by atomic mass is 35.5. The van der Waals surface area contributed by atoms with Crippen LogP contribution >= 0.6 is 11.6 Å². The molecule has 0 saturated carbocycles. The van der Waals surface area contributed by atoms with Crippen LogP contribution in [-0.4, -0.2) is 36.3 Å². The summed E-state index contributed by atoms with van der Waals surface area (Å²) in [5.41, 5.74) is -0.486. The van der Waals surface area contributed by atoms with Gasteiger partial charge >= 0.3 is 6.09 Å². The Kier molecular flexibility index (Phi) is 5.97. The summed E-state index contributed by atoms with van der Waals surface area (Å²) in [6, 6.07) is 4.11. The smallest absolute Gasteiger partial charge is 0.410 e. The molecule has 0 bridgehead atoms.